The Morgan fingerprint density at radius 2 is 1.64 bits per heavy atom. The molecule has 3 aromatic carbocycles. The second-order valence-corrected chi connectivity index (χ2v) is 9.44. The lowest BCUT2D eigenvalue weighted by molar-refractivity contribution is -0.150. The smallest absolute Gasteiger partial charge is 0.343 e. The van der Waals surface area contributed by atoms with Gasteiger partial charge in [0.1, 0.15) is 11.5 Å². The lowest BCUT2D eigenvalue weighted by Crippen LogP contribution is -2.28. The zero-order valence-corrected chi connectivity index (χ0v) is 22.3. The van der Waals surface area contributed by atoms with Gasteiger partial charge in [-0.1, -0.05) is 54.9 Å². The van der Waals surface area contributed by atoms with E-state index in [2.05, 4.69) is 9.83 Å². The molecule has 0 fully saturated rings. The first-order valence-corrected chi connectivity index (χ1v) is 12.8. The van der Waals surface area contributed by atoms with Crippen LogP contribution in [0, 0.1) is 11.8 Å². The van der Waals surface area contributed by atoms with E-state index in [4.69, 9.17) is 33.7 Å². The molecule has 0 amide bonds. The Kier molecular flexibility index (Phi) is 10.6. The average molecular weight is 551 g/mol. The third-order valence-electron chi connectivity index (χ3n) is 6.25. The van der Waals surface area contributed by atoms with Gasteiger partial charge in [0.2, 0.25) is 0 Å². The Hall–Kier alpha value is -4.21. The molecule has 1 unspecified atom stereocenters. The summed E-state index contributed by atoms with van der Waals surface area (Å²) in [7, 11) is 0. The van der Waals surface area contributed by atoms with Crippen molar-refractivity contribution in [2.75, 3.05) is 0 Å². The Morgan fingerprint density at radius 1 is 0.949 bits per heavy atom. The lowest BCUT2D eigenvalue weighted by atomic mass is 9.84. The Bertz CT molecular complexity index is 1330. The van der Waals surface area contributed by atoms with Crippen molar-refractivity contribution in [3.63, 3.8) is 0 Å². The Balaban J connectivity index is 1.65. The van der Waals surface area contributed by atoms with Gasteiger partial charge in [0.25, 0.3) is 0 Å². The highest BCUT2D eigenvalue weighted by Gasteiger charge is 2.28. The quantitative estimate of drug-likeness (QED) is 0.0990. The van der Waals surface area contributed by atoms with Crippen LogP contribution in [0.1, 0.15) is 41.3 Å². The van der Waals surface area contributed by atoms with Gasteiger partial charge in [-0.3, -0.25) is 9.59 Å². The fraction of sp³-hybridized carbons (Fsp3) is 0.241. The molecule has 3 rings (SSSR count). The molecule has 204 valence electrons. The maximum absolute atomic E-state index is 13.2. The number of carbonyl (C=O) groups is 3. The van der Waals surface area contributed by atoms with E-state index in [1.165, 1.54) is 18.2 Å². The number of nitrogens with zero attached hydrogens (tertiary/aromatic N) is 1. The summed E-state index contributed by atoms with van der Waals surface area (Å²) < 4.78 is 5.42. The standard InChI is InChI=1S/C29H31ClN4O5/c1-2-19(15-22(28(37)39-33)14-18-6-4-3-5-7-18)26(35)16-21-10-13-24(17-25(21)30)38-27(36)20-8-11-23(12-9-20)34-29(31)32/h3-13,17,19,22H,2,14-16,33H2,1H3,(H4,31,32,34)/t19?,22-/m1/s1. The van der Waals surface area contributed by atoms with Crippen LogP contribution in [-0.4, -0.2) is 23.7 Å². The topological polar surface area (TPSA) is 160 Å². The summed E-state index contributed by atoms with van der Waals surface area (Å²) in [6.45, 7) is 1.89. The summed E-state index contributed by atoms with van der Waals surface area (Å²) >= 11 is 6.43. The highest BCUT2D eigenvalue weighted by atomic mass is 35.5. The van der Waals surface area contributed by atoms with Crippen LogP contribution in [0.25, 0.3) is 0 Å². The van der Waals surface area contributed by atoms with E-state index in [0.717, 1.165) is 5.56 Å². The monoisotopic (exact) mass is 550 g/mol. The molecule has 0 aliphatic heterocycles. The molecule has 10 heteroatoms. The van der Waals surface area contributed by atoms with Crippen molar-refractivity contribution in [3.8, 4) is 5.75 Å². The van der Waals surface area contributed by atoms with E-state index in [1.807, 2.05) is 37.3 Å². The number of nitrogens with two attached hydrogens (primary N) is 3. The highest BCUT2D eigenvalue weighted by molar-refractivity contribution is 6.31. The first kappa shape index (κ1) is 29.3. The Morgan fingerprint density at radius 3 is 2.23 bits per heavy atom. The molecule has 0 aliphatic carbocycles. The molecule has 0 saturated heterocycles. The molecule has 6 N–H and O–H groups in total. The molecule has 0 bridgehead atoms. The van der Waals surface area contributed by atoms with Crippen molar-refractivity contribution in [2.45, 2.75) is 32.6 Å². The molecule has 3 aromatic rings. The van der Waals surface area contributed by atoms with Crippen molar-refractivity contribution in [1.29, 1.82) is 0 Å². The minimum Gasteiger partial charge on any atom is -0.423 e. The van der Waals surface area contributed by atoms with Gasteiger partial charge in [0, 0.05) is 17.4 Å². The number of benzene rings is 3. The second kappa shape index (κ2) is 14.1. The average Bonchev–Trinajstić information content (AvgIpc) is 2.92. The fourth-order valence-corrected chi connectivity index (χ4v) is 4.42. The number of esters is 1. The number of rotatable bonds is 12. The first-order valence-electron chi connectivity index (χ1n) is 12.4. The number of guanidine groups is 1. The molecule has 0 aliphatic rings. The number of halogens is 1. The van der Waals surface area contributed by atoms with Gasteiger partial charge in [-0.05, 0) is 66.8 Å². The molecule has 0 saturated carbocycles. The van der Waals surface area contributed by atoms with E-state index in [1.54, 1.807) is 24.3 Å². The van der Waals surface area contributed by atoms with Gasteiger partial charge >= 0.3 is 11.9 Å². The maximum Gasteiger partial charge on any atom is 0.343 e. The fourth-order valence-electron chi connectivity index (χ4n) is 4.18. The van der Waals surface area contributed by atoms with Gasteiger partial charge in [0.05, 0.1) is 17.2 Å². The molecule has 0 heterocycles. The number of carbonyl (C=O) groups excluding carboxylic acids is 3. The summed E-state index contributed by atoms with van der Waals surface area (Å²) in [4.78, 5) is 46.5. The molecule has 0 aromatic heterocycles. The van der Waals surface area contributed by atoms with Crippen LogP contribution in [0.5, 0.6) is 5.75 Å². The first-order chi connectivity index (χ1) is 18.7. The zero-order chi connectivity index (χ0) is 28.4. The maximum atomic E-state index is 13.2. The van der Waals surface area contributed by atoms with Gasteiger partial charge < -0.3 is 21.0 Å². The van der Waals surface area contributed by atoms with Crippen LogP contribution >= 0.6 is 11.6 Å². The molecule has 0 radical (unpaired) electrons. The summed E-state index contributed by atoms with van der Waals surface area (Å²) in [5.74, 6) is 3.15. The minimum absolute atomic E-state index is 0.0621. The molecule has 0 spiro atoms. The van der Waals surface area contributed by atoms with Gasteiger partial charge in [-0.25, -0.2) is 9.79 Å². The molecular formula is C29H31ClN4O5. The molecule has 2 atom stereocenters. The van der Waals surface area contributed by atoms with Crippen molar-refractivity contribution >= 4 is 41.0 Å². The predicted octanol–water partition coefficient (Wildman–Crippen LogP) is 4.27. The second-order valence-electron chi connectivity index (χ2n) is 9.03. The summed E-state index contributed by atoms with van der Waals surface area (Å²) in [5.41, 5.74) is 13.0. The summed E-state index contributed by atoms with van der Waals surface area (Å²) in [5, 5.41) is 0.286. The SMILES string of the molecule is CCC(C[C@@H](Cc1ccccc1)C(=O)ON)C(=O)Cc1ccc(OC(=O)c2ccc(N=C(N)N)cc2)cc1Cl. The van der Waals surface area contributed by atoms with E-state index in [-0.39, 0.29) is 28.9 Å². The third-order valence-corrected chi connectivity index (χ3v) is 6.60. The summed E-state index contributed by atoms with van der Waals surface area (Å²) in [6.07, 6.45) is 1.32. The van der Waals surface area contributed by atoms with Crippen LogP contribution in [0.3, 0.4) is 0 Å². The largest absolute Gasteiger partial charge is 0.423 e. The normalized spacial score (nSPS) is 12.2. The molecular weight excluding hydrogens is 520 g/mol. The number of ketones is 1. The minimum atomic E-state index is -0.589. The number of hydrogen-bond donors (Lipinski definition) is 3. The van der Waals surface area contributed by atoms with E-state index >= 15 is 0 Å². The van der Waals surface area contributed by atoms with Gasteiger partial charge in [-0.2, -0.15) is 5.90 Å². The highest BCUT2D eigenvalue weighted by Crippen LogP contribution is 2.28. The lowest BCUT2D eigenvalue weighted by Gasteiger charge is -2.20. The zero-order valence-electron chi connectivity index (χ0n) is 21.5. The van der Waals surface area contributed by atoms with Crippen LogP contribution in [-0.2, 0) is 27.3 Å². The van der Waals surface area contributed by atoms with Crippen molar-refractivity contribution in [2.24, 2.45) is 34.2 Å². The van der Waals surface area contributed by atoms with Crippen LogP contribution < -0.4 is 22.1 Å². The predicted molar refractivity (Wildman–Crippen MR) is 149 cm³/mol. The van der Waals surface area contributed by atoms with Crippen LogP contribution in [0.4, 0.5) is 5.69 Å². The van der Waals surface area contributed by atoms with Crippen molar-refractivity contribution in [3.05, 3.63) is 94.5 Å². The van der Waals surface area contributed by atoms with Crippen LogP contribution in [0.2, 0.25) is 5.02 Å². The van der Waals surface area contributed by atoms with Crippen molar-refractivity contribution in [1.82, 2.24) is 0 Å². The van der Waals surface area contributed by atoms with Crippen molar-refractivity contribution < 1.29 is 24.0 Å². The van der Waals surface area contributed by atoms with Crippen LogP contribution in [0.15, 0.2) is 77.8 Å². The number of Topliss-reactive ketones (excluding diaryl/α,β-unsaturated/α-hetero) is 1. The molecule has 9 nitrogen and oxygen atoms in total. The van der Waals surface area contributed by atoms with E-state index in [0.29, 0.717) is 36.1 Å². The third kappa shape index (κ3) is 8.66. The van der Waals surface area contributed by atoms with E-state index < -0.39 is 23.8 Å². The van der Waals surface area contributed by atoms with E-state index in [9.17, 15) is 14.4 Å². The number of hydrogen-bond acceptors (Lipinski definition) is 7. The molecule has 39 heavy (non-hydrogen) atoms. The Labute approximate surface area is 231 Å². The number of ether oxygens (including phenoxy) is 1. The summed E-state index contributed by atoms with van der Waals surface area (Å²) in [6, 6.07) is 20.4. The van der Waals surface area contributed by atoms with Gasteiger partial charge in [-0.15, -0.1) is 0 Å². The number of aliphatic imine (C=N–C) groups is 1. The van der Waals surface area contributed by atoms with Gasteiger partial charge in [0.15, 0.2) is 5.96 Å².